The molecule has 3 heterocycles. The summed E-state index contributed by atoms with van der Waals surface area (Å²) >= 11 is 2.54. The van der Waals surface area contributed by atoms with E-state index in [9.17, 15) is 23.1 Å². The summed E-state index contributed by atoms with van der Waals surface area (Å²) < 4.78 is 39.4. The van der Waals surface area contributed by atoms with Gasteiger partial charge in [-0.25, -0.2) is 18.2 Å². The first-order chi connectivity index (χ1) is 19.6. The first-order valence-electron chi connectivity index (χ1n) is 13.1. The van der Waals surface area contributed by atoms with Crippen LogP contribution in [0.15, 0.2) is 34.8 Å². The predicted molar refractivity (Wildman–Crippen MR) is 155 cm³/mol. The van der Waals surface area contributed by atoms with E-state index in [1.165, 1.54) is 39.1 Å². The largest absolute Gasteiger partial charge is 0.444 e. The Morgan fingerprint density at radius 3 is 2.73 bits per heavy atom. The van der Waals surface area contributed by atoms with Gasteiger partial charge in [0.05, 0.1) is 51.4 Å². The lowest BCUT2D eigenvalue weighted by Crippen LogP contribution is -2.44. The van der Waals surface area contributed by atoms with E-state index in [1.807, 2.05) is 18.7 Å². The fraction of sp³-hybridized carbons (Fsp3) is 0.520. The number of sulfonamides is 1. The number of alkyl carbamates (subject to hydrolysis) is 1. The smallest absolute Gasteiger partial charge is 0.407 e. The number of morpholine rings is 1. The average molecular weight is 627 g/mol. The highest BCUT2D eigenvalue weighted by molar-refractivity contribution is 7.89. The van der Waals surface area contributed by atoms with Crippen LogP contribution in [0.4, 0.5) is 9.93 Å². The number of thiazole rings is 2. The molecule has 3 N–H and O–H groups in total. The summed E-state index contributed by atoms with van der Waals surface area (Å²) in [4.78, 5) is 35.6. The van der Waals surface area contributed by atoms with Gasteiger partial charge in [0.1, 0.15) is 6.61 Å². The summed E-state index contributed by atoms with van der Waals surface area (Å²) in [6.45, 7) is 6.34. The second-order valence-corrected chi connectivity index (χ2v) is 13.8. The summed E-state index contributed by atoms with van der Waals surface area (Å²) in [7, 11) is -4.00. The SMILES string of the molecule is CC(C)CN(C[C@@H](O)CNC(=O)OCc1cncs1)S(=O)(=O)c1ccc2nc(NC(=O)CN3CCOCC3)sc2c1. The van der Waals surface area contributed by atoms with Gasteiger partial charge < -0.3 is 25.2 Å². The molecule has 0 bridgehead atoms. The highest BCUT2D eigenvalue weighted by atomic mass is 32.2. The van der Waals surface area contributed by atoms with Gasteiger partial charge in [0, 0.05) is 38.9 Å². The summed E-state index contributed by atoms with van der Waals surface area (Å²) in [5, 5.41) is 16.2. The molecule has 1 fully saturated rings. The third-order valence-corrected chi connectivity index (χ3v) is 9.52. The molecule has 1 saturated heterocycles. The molecule has 224 valence electrons. The third-order valence-electron chi connectivity index (χ3n) is 6.01. The standard InChI is InChI=1S/C25H34N6O7S3/c1-17(2)12-31(13-18(32)10-27-25(34)38-15-19-11-26-16-39-19)41(35,36)20-3-4-21-22(9-20)40-24(28-21)29-23(33)14-30-5-7-37-8-6-30/h3-4,9,11,16-18,32H,5-8,10,12-15H2,1-2H3,(H,27,34)(H,28,29,33)/t18-/m0/s1. The van der Waals surface area contributed by atoms with Crippen molar-refractivity contribution in [3.63, 3.8) is 0 Å². The number of carbonyl (C=O) groups excluding carboxylic acids is 2. The number of aliphatic hydroxyl groups is 1. The van der Waals surface area contributed by atoms with Crippen LogP contribution in [0, 0.1) is 5.92 Å². The van der Waals surface area contributed by atoms with Crippen molar-refractivity contribution < 1.29 is 32.6 Å². The first-order valence-corrected chi connectivity index (χ1v) is 16.2. The molecular formula is C25H34N6O7S3. The fourth-order valence-electron chi connectivity index (χ4n) is 4.07. The number of nitrogens with one attached hydrogen (secondary N) is 2. The fourth-order valence-corrected chi connectivity index (χ4v) is 7.24. The Morgan fingerprint density at radius 2 is 2.02 bits per heavy atom. The minimum atomic E-state index is -4.00. The zero-order valence-corrected chi connectivity index (χ0v) is 25.3. The minimum Gasteiger partial charge on any atom is -0.444 e. The highest BCUT2D eigenvalue weighted by Gasteiger charge is 2.28. The third kappa shape index (κ3) is 9.13. The van der Waals surface area contributed by atoms with Crippen molar-refractivity contribution >= 4 is 60.0 Å². The number of fused-ring (bicyclic) bond motifs is 1. The maximum Gasteiger partial charge on any atom is 0.407 e. The number of nitrogens with zero attached hydrogens (tertiary/aromatic N) is 4. The van der Waals surface area contributed by atoms with E-state index in [2.05, 4.69) is 20.6 Å². The molecule has 2 aromatic heterocycles. The van der Waals surface area contributed by atoms with Gasteiger partial charge in [-0.1, -0.05) is 25.2 Å². The quantitative estimate of drug-likeness (QED) is 0.256. The molecule has 2 amide bonds. The maximum atomic E-state index is 13.6. The van der Waals surface area contributed by atoms with Crippen LogP contribution in [0.3, 0.4) is 0 Å². The van der Waals surface area contributed by atoms with Crippen LogP contribution in [0.25, 0.3) is 10.2 Å². The molecule has 1 aliphatic heterocycles. The number of anilines is 1. The zero-order chi connectivity index (χ0) is 29.4. The van der Waals surface area contributed by atoms with E-state index in [1.54, 1.807) is 17.8 Å². The number of ether oxygens (including phenoxy) is 2. The van der Waals surface area contributed by atoms with E-state index in [4.69, 9.17) is 9.47 Å². The molecule has 16 heteroatoms. The van der Waals surface area contributed by atoms with Crippen molar-refractivity contribution in [2.75, 3.05) is 57.8 Å². The van der Waals surface area contributed by atoms with Crippen LogP contribution in [0.5, 0.6) is 0 Å². The van der Waals surface area contributed by atoms with Gasteiger partial charge in [0.25, 0.3) is 0 Å². The Labute approximate surface area is 246 Å². The summed E-state index contributed by atoms with van der Waals surface area (Å²) in [6, 6.07) is 4.58. The van der Waals surface area contributed by atoms with Crippen LogP contribution in [-0.4, -0.2) is 103 Å². The van der Waals surface area contributed by atoms with Crippen LogP contribution < -0.4 is 10.6 Å². The Kier molecular flexibility index (Phi) is 11.0. The van der Waals surface area contributed by atoms with Gasteiger partial charge in [-0.3, -0.25) is 14.7 Å². The van der Waals surface area contributed by atoms with E-state index < -0.39 is 22.2 Å². The van der Waals surface area contributed by atoms with Crippen LogP contribution in [-0.2, 0) is 30.9 Å². The molecule has 41 heavy (non-hydrogen) atoms. The van der Waals surface area contributed by atoms with Crippen molar-refractivity contribution in [1.29, 1.82) is 0 Å². The number of hydrogen-bond acceptors (Lipinski definition) is 12. The number of hydrogen-bond donors (Lipinski definition) is 3. The molecule has 1 aromatic carbocycles. The Balaban J connectivity index is 1.38. The summed E-state index contributed by atoms with van der Waals surface area (Å²) in [5.74, 6) is -0.216. The number of benzene rings is 1. The molecular weight excluding hydrogens is 593 g/mol. The van der Waals surface area contributed by atoms with Gasteiger partial charge in [-0.05, 0) is 24.1 Å². The van der Waals surface area contributed by atoms with Gasteiger partial charge >= 0.3 is 6.09 Å². The van der Waals surface area contributed by atoms with E-state index >= 15 is 0 Å². The summed E-state index contributed by atoms with van der Waals surface area (Å²) in [6.07, 6.45) is -0.298. The molecule has 3 aromatic rings. The number of aliphatic hydroxyl groups excluding tert-OH is 1. The van der Waals surface area contributed by atoms with Crippen LogP contribution in [0.1, 0.15) is 18.7 Å². The number of rotatable bonds is 13. The minimum absolute atomic E-state index is 0.0188. The number of carbonyl (C=O) groups is 2. The van der Waals surface area contributed by atoms with Crippen LogP contribution >= 0.6 is 22.7 Å². The average Bonchev–Trinajstić information content (AvgIpc) is 3.59. The van der Waals surface area contributed by atoms with E-state index in [-0.39, 0.29) is 49.5 Å². The zero-order valence-electron chi connectivity index (χ0n) is 22.8. The lowest BCUT2D eigenvalue weighted by molar-refractivity contribution is -0.118. The van der Waals surface area contributed by atoms with Crippen LogP contribution in [0.2, 0.25) is 0 Å². The second kappa shape index (κ2) is 14.4. The lowest BCUT2D eigenvalue weighted by Gasteiger charge is -2.26. The highest BCUT2D eigenvalue weighted by Crippen LogP contribution is 2.29. The molecule has 0 radical (unpaired) electrons. The van der Waals surface area contributed by atoms with Gasteiger partial charge in [0.15, 0.2) is 5.13 Å². The molecule has 0 saturated carbocycles. The van der Waals surface area contributed by atoms with Crippen molar-refractivity contribution in [3.05, 3.63) is 34.8 Å². The van der Waals surface area contributed by atoms with Crippen molar-refractivity contribution in [3.8, 4) is 0 Å². The predicted octanol–water partition coefficient (Wildman–Crippen LogP) is 1.96. The molecule has 0 spiro atoms. The van der Waals surface area contributed by atoms with Gasteiger partial charge in [0.2, 0.25) is 15.9 Å². The van der Waals surface area contributed by atoms with Gasteiger partial charge in [-0.15, -0.1) is 11.3 Å². The topological polar surface area (TPSA) is 163 Å². The number of aromatic nitrogens is 2. The van der Waals surface area contributed by atoms with Crippen molar-refractivity contribution in [2.24, 2.45) is 5.92 Å². The Morgan fingerprint density at radius 1 is 1.24 bits per heavy atom. The summed E-state index contributed by atoms with van der Waals surface area (Å²) in [5.41, 5.74) is 2.19. The molecule has 13 nitrogen and oxygen atoms in total. The van der Waals surface area contributed by atoms with E-state index in [0.717, 1.165) is 4.88 Å². The van der Waals surface area contributed by atoms with E-state index in [0.29, 0.717) is 41.7 Å². The molecule has 0 unspecified atom stereocenters. The molecule has 0 aliphatic carbocycles. The van der Waals surface area contributed by atoms with Crippen molar-refractivity contribution in [1.82, 2.24) is 24.5 Å². The maximum absolute atomic E-state index is 13.6. The first kappa shape index (κ1) is 31.2. The lowest BCUT2D eigenvalue weighted by atomic mass is 10.2. The molecule has 1 atom stereocenters. The Hall–Kier alpha value is -2.73. The Bertz CT molecular complexity index is 1410. The monoisotopic (exact) mass is 626 g/mol. The molecule has 4 rings (SSSR count). The van der Waals surface area contributed by atoms with Crippen molar-refractivity contribution in [2.45, 2.75) is 31.5 Å². The molecule has 1 aliphatic rings. The normalized spacial score (nSPS) is 15.3. The van der Waals surface area contributed by atoms with Gasteiger partial charge in [-0.2, -0.15) is 4.31 Å². The second-order valence-electron chi connectivity index (χ2n) is 9.88. The number of amides is 2.